The predicted octanol–water partition coefficient (Wildman–Crippen LogP) is 3.39. The number of para-hydroxylation sites is 1. The Balaban J connectivity index is 1.40. The molecule has 9 nitrogen and oxygen atoms in total. The summed E-state index contributed by atoms with van der Waals surface area (Å²) in [6.07, 6.45) is 5.54. The van der Waals surface area contributed by atoms with E-state index in [1.807, 2.05) is 30.3 Å². The van der Waals surface area contributed by atoms with Gasteiger partial charge >= 0.3 is 11.8 Å². The number of H-pyrrole nitrogens is 1. The fourth-order valence-corrected chi connectivity index (χ4v) is 3.96. The maximum atomic E-state index is 13.4. The molecule has 0 bridgehead atoms. The summed E-state index contributed by atoms with van der Waals surface area (Å²) in [5.41, 5.74) is 3.14. The van der Waals surface area contributed by atoms with Gasteiger partial charge in [-0.05, 0) is 24.3 Å². The van der Waals surface area contributed by atoms with Crippen molar-refractivity contribution in [3.63, 3.8) is 0 Å². The molecule has 0 radical (unpaired) electrons. The van der Waals surface area contributed by atoms with Crippen molar-refractivity contribution in [2.75, 3.05) is 6.54 Å². The minimum absolute atomic E-state index is 0.0843. The molecule has 5 heterocycles. The Morgan fingerprint density at radius 1 is 1.13 bits per heavy atom. The van der Waals surface area contributed by atoms with Crippen molar-refractivity contribution in [1.29, 1.82) is 0 Å². The molecule has 152 valence electrons. The molecule has 0 aliphatic carbocycles. The molecule has 0 unspecified atom stereocenters. The lowest BCUT2D eigenvalue weighted by Gasteiger charge is -2.32. The van der Waals surface area contributed by atoms with Crippen LogP contribution in [0.25, 0.3) is 22.4 Å². The lowest BCUT2D eigenvalue weighted by atomic mass is 10.00. The van der Waals surface area contributed by atoms with Gasteiger partial charge in [-0.3, -0.25) is 9.78 Å². The summed E-state index contributed by atoms with van der Waals surface area (Å²) in [6, 6.07) is 12.7. The van der Waals surface area contributed by atoms with E-state index in [9.17, 15) is 4.79 Å². The maximum Gasteiger partial charge on any atom is 0.312 e. The first-order chi connectivity index (χ1) is 15.3. The smallest absolute Gasteiger partial charge is 0.312 e. The van der Waals surface area contributed by atoms with Crippen LogP contribution in [0.4, 0.5) is 0 Å². The van der Waals surface area contributed by atoms with E-state index in [2.05, 4.69) is 25.1 Å². The Hall–Kier alpha value is -4.27. The van der Waals surface area contributed by atoms with E-state index >= 15 is 0 Å². The van der Waals surface area contributed by atoms with Gasteiger partial charge in [-0.25, -0.2) is 4.98 Å². The second-order valence-electron chi connectivity index (χ2n) is 7.26. The van der Waals surface area contributed by atoms with Crippen molar-refractivity contribution in [3.05, 3.63) is 84.2 Å². The van der Waals surface area contributed by atoms with Gasteiger partial charge in [0.25, 0.3) is 0 Å². The first-order valence-corrected chi connectivity index (χ1v) is 9.83. The number of hydrogen-bond donors (Lipinski definition) is 1. The fourth-order valence-electron chi connectivity index (χ4n) is 3.96. The molecular formula is C22H16N6O3. The summed E-state index contributed by atoms with van der Waals surface area (Å²) in [4.78, 5) is 26.8. The van der Waals surface area contributed by atoms with Crippen LogP contribution in [0.3, 0.4) is 0 Å². The molecule has 4 aromatic heterocycles. The lowest BCUT2D eigenvalue weighted by molar-refractivity contribution is 0.0632. The van der Waals surface area contributed by atoms with Crippen molar-refractivity contribution in [2.45, 2.75) is 12.5 Å². The molecule has 31 heavy (non-hydrogen) atoms. The van der Waals surface area contributed by atoms with Crippen LogP contribution in [-0.4, -0.2) is 42.5 Å². The van der Waals surface area contributed by atoms with Crippen molar-refractivity contribution in [2.24, 2.45) is 0 Å². The Kier molecular flexibility index (Phi) is 3.92. The number of carbonyl (C=O) groups excluding carboxylic acids is 1. The van der Waals surface area contributed by atoms with Crippen LogP contribution in [0.1, 0.15) is 33.9 Å². The molecule has 1 aliphatic rings. The molecular weight excluding hydrogens is 396 g/mol. The van der Waals surface area contributed by atoms with Gasteiger partial charge in [0, 0.05) is 36.4 Å². The standard InChI is InChI=1S/C22H16N6O3/c29-22(21-27-26-20(31-21)14-5-3-8-23-11-14)28-9-7-15-18(25-12-24-15)19(28)17-10-13-4-1-2-6-16(13)30-17/h1-6,8,10-12,19H,7,9H2,(H,24,25)/t19-/m1/s1. The summed E-state index contributed by atoms with van der Waals surface area (Å²) in [6.45, 7) is 0.459. The zero-order valence-electron chi connectivity index (χ0n) is 16.2. The number of pyridine rings is 1. The molecule has 0 saturated carbocycles. The Bertz CT molecular complexity index is 1350. The average molecular weight is 412 g/mol. The number of aromatic nitrogens is 5. The van der Waals surface area contributed by atoms with Crippen LogP contribution in [0.15, 0.2) is 70.0 Å². The van der Waals surface area contributed by atoms with Gasteiger partial charge in [0.1, 0.15) is 17.4 Å². The van der Waals surface area contributed by atoms with Gasteiger partial charge in [0.2, 0.25) is 5.89 Å². The maximum absolute atomic E-state index is 13.4. The SMILES string of the molecule is O=C(c1nnc(-c2cccnc2)o1)N1CCc2[nH]cnc2[C@H]1c1cc2ccccc2o1. The van der Waals surface area contributed by atoms with E-state index in [1.165, 1.54) is 0 Å². The third-order valence-electron chi connectivity index (χ3n) is 5.42. The minimum Gasteiger partial charge on any atom is -0.458 e. The van der Waals surface area contributed by atoms with Gasteiger partial charge in [-0.15, -0.1) is 10.2 Å². The first-order valence-electron chi connectivity index (χ1n) is 9.83. The molecule has 1 atom stereocenters. The zero-order valence-corrected chi connectivity index (χ0v) is 16.2. The number of nitrogens with zero attached hydrogens (tertiary/aromatic N) is 5. The van der Waals surface area contributed by atoms with E-state index < -0.39 is 6.04 Å². The Morgan fingerprint density at radius 3 is 2.94 bits per heavy atom. The number of carbonyl (C=O) groups is 1. The van der Waals surface area contributed by atoms with Gasteiger partial charge < -0.3 is 18.7 Å². The number of fused-ring (bicyclic) bond motifs is 2. The number of furan rings is 1. The summed E-state index contributed by atoms with van der Waals surface area (Å²) in [5, 5.41) is 8.97. The van der Waals surface area contributed by atoms with Crippen LogP contribution in [-0.2, 0) is 6.42 Å². The van der Waals surface area contributed by atoms with Crippen molar-refractivity contribution in [1.82, 2.24) is 30.0 Å². The summed E-state index contributed by atoms with van der Waals surface area (Å²) in [7, 11) is 0. The number of nitrogens with one attached hydrogen (secondary N) is 1. The van der Waals surface area contributed by atoms with Crippen LogP contribution in [0.5, 0.6) is 0 Å². The largest absolute Gasteiger partial charge is 0.458 e. The van der Waals surface area contributed by atoms with Crippen molar-refractivity contribution < 1.29 is 13.6 Å². The summed E-state index contributed by atoms with van der Waals surface area (Å²) < 4.78 is 11.8. The third-order valence-corrected chi connectivity index (χ3v) is 5.42. The molecule has 0 fully saturated rings. The second kappa shape index (κ2) is 6.91. The Labute approximate surface area is 175 Å². The molecule has 1 aliphatic heterocycles. The van der Waals surface area contributed by atoms with E-state index in [0.29, 0.717) is 24.3 Å². The van der Waals surface area contributed by atoms with E-state index in [4.69, 9.17) is 8.83 Å². The number of aromatic amines is 1. The number of hydrogen-bond acceptors (Lipinski definition) is 7. The van der Waals surface area contributed by atoms with Crippen LogP contribution >= 0.6 is 0 Å². The van der Waals surface area contributed by atoms with Gasteiger partial charge in [-0.1, -0.05) is 18.2 Å². The number of benzene rings is 1. The fraction of sp³-hybridized carbons (Fsp3) is 0.136. The molecule has 0 spiro atoms. The van der Waals surface area contributed by atoms with Gasteiger partial charge in [-0.2, -0.15) is 0 Å². The van der Waals surface area contributed by atoms with Gasteiger partial charge in [0.15, 0.2) is 0 Å². The van der Waals surface area contributed by atoms with E-state index in [1.54, 1.807) is 35.8 Å². The lowest BCUT2D eigenvalue weighted by Crippen LogP contribution is -2.40. The van der Waals surface area contributed by atoms with Crippen molar-refractivity contribution in [3.8, 4) is 11.5 Å². The Morgan fingerprint density at radius 2 is 2.06 bits per heavy atom. The summed E-state index contributed by atoms with van der Waals surface area (Å²) >= 11 is 0. The normalized spacial score (nSPS) is 15.9. The quantitative estimate of drug-likeness (QED) is 0.483. The number of amides is 1. The summed E-state index contributed by atoms with van der Waals surface area (Å²) in [5.74, 6) is 0.421. The highest BCUT2D eigenvalue weighted by Crippen LogP contribution is 2.37. The molecule has 0 saturated heterocycles. The predicted molar refractivity (Wildman–Crippen MR) is 109 cm³/mol. The zero-order chi connectivity index (χ0) is 20.8. The topological polar surface area (TPSA) is 114 Å². The first kappa shape index (κ1) is 17.6. The highest BCUT2D eigenvalue weighted by atomic mass is 16.4. The number of imidazole rings is 1. The molecule has 1 aromatic carbocycles. The minimum atomic E-state index is -0.497. The van der Waals surface area contributed by atoms with E-state index in [-0.39, 0.29) is 17.7 Å². The highest BCUT2D eigenvalue weighted by molar-refractivity contribution is 5.90. The monoisotopic (exact) mass is 412 g/mol. The third kappa shape index (κ3) is 2.90. The highest BCUT2D eigenvalue weighted by Gasteiger charge is 2.38. The van der Waals surface area contributed by atoms with Crippen molar-refractivity contribution >= 4 is 16.9 Å². The van der Waals surface area contributed by atoms with Crippen LogP contribution < -0.4 is 0 Å². The van der Waals surface area contributed by atoms with E-state index in [0.717, 1.165) is 22.4 Å². The van der Waals surface area contributed by atoms with Gasteiger partial charge in [0.05, 0.1) is 17.6 Å². The molecule has 5 aromatic rings. The molecule has 6 rings (SSSR count). The van der Waals surface area contributed by atoms with Crippen LogP contribution in [0, 0.1) is 0 Å². The second-order valence-corrected chi connectivity index (χ2v) is 7.26. The average Bonchev–Trinajstić information content (AvgIpc) is 3.57. The van der Waals surface area contributed by atoms with Crippen LogP contribution in [0.2, 0.25) is 0 Å². The molecule has 9 heteroatoms. The number of rotatable bonds is 3. The molecule has 1 amide bonds. The molecule has 1 N–H and O–H groups in total.